The molecule has 1 aromatic heterocycles. The second kappa shape index (κ2) is 3.42. The van der Waals surface area contributed by atoms with Crippen molar-refractivity contribution < 1.29 is 4.74 Å². The highest BCUT2D eigenvalue weighted by atomic mass is 35.5. The van der Waals surface area contributed by atoms with Crippen LogP contribution in [0.1, 0.15) is 4.88 Å². The van der Waals surface area contributed by atoms with Gasteiger partial charge in [-0.1, -0.05) is 22.9 Å². The zero-order chi connectivity index (χ0) is 7.56. The number of halogens is 2. The lowest BCUT2D eigenvalue weighted by molar-refractivity contribution is 0.412. The van der Waals surface area contributed by atoms with Crippen LogP contribution in [0.15, 0.2) is 0 Å². The van der Waals surface area contributed by atoms with Gasteiger partial charge in [0.15, 0.2) is 0 Å². The maximum absolute atomic E-state index is 5.66. The lowest BCUT2D eigenvalue weighted by Crippen LogP contribution is -1.77. The summed E-state index contributed by atoms with van der Waals surface area (Å²) < 4.78 is 4.84. The van der Waals surface area contributed by atoms with E-state index in [2.05, 4.69) is 4.98 Å². The molecular formula is C5H5Cl2NOS. The van der Waals surface area contributed by atoms with E-state index in [-0.39, 0.29) is 0 Å². The minimum Gasteiger partial charge on any atom is -0.473 e. The van der Waals surface area contributed by atoms with Crippen LogP contribution in [-0.4, -0.2) is 12.1 Å². The van der Waals surface area contributed by atoms with Crippen LogP contribution in [0.5, 0.6) is 5.19 Å². The second-order valence-corrected chi connectivity index (χ2v) is 3.20. The Morgan fingerprint density at radius 3 is 2.70 bits per heavy atom. The molecule has 56 valence electrons. The predicted molar refractivity (Wildman–Crippen MR) is 43.2 cm³/mol. The van der Waals surface area contributed by atoms with Gasteiger partial charge in [-0.25, -0.2) is 0 Å². The average molecular weight is 198 g/mol. The van der Waals surface area contributed by atoms with Gasteiger partial charge >= 0.3 is 0 Å². The van der Waals surface area contributed by atoms with Gasteiger partial charge in [-0.05, 0) is 0 Å². The van der Waals surface area contributed by atoms with Gasteiger partial charge < -0.3 is 4.74 Å². The third kappa shape index (κ3) is 1.54. The number of hydrogen-bond donors (Lipinski definition) is 0. The molecule has 5 heteroatoms. The Bertz CT molecular complexity index is 225. The molecule has 0 aliphatic carbocycles. The van der Waals surface area contributed by atoms with Gasteiger partial charge in [0, 0.05) is 0 Å². The fraction of sp³-hybridized carbons (Fsp3) is 0.400. The second-order valence-electron chi connectivity index (χ2n) is 1.53. The van der Waals surface area contributed by atoms with E-state index in [1.54, 1.807) is 7.11 Å². The van der Waals surface area contributed by atoms with Crippen molar-refractivity contribution in [1.82, 2.24) is 4.98 Å². The first kappa shape index (κ1) is 8.11. The number of alkyl halides is 1. The van der Waals surface area contributed by atoms with E-state index in [0.717, 1.165) is 4.88 Å². The van der Waals surface area contributed by atoms with Crippen molar-refractivity contribution >= 4 is 34.5 Å². The van der Waals surface area contributed by atoms with E-state index >= 15 is 0 Å². The van der Waals surface area contributed by atoms with Gasteiger partial charge in [-0.15, -0.1) is 11.6 Å². The zero-order valence-corrected chi connectivity index (χ0v) is 7.56. The van der Waals surface area contributed by atoms with Crippen LogP contribution in [0.3, 0.4) is 0 Å². The van der Waals surface area contributed by atoms with Crippen LogP contribution in [0, 0.1) is 0 Å². The van der Waals surface area contributed by atoms with E-state index in [0.29, 0.717) is 16.2 Å². The summed E-state index contributed by atoms with van der Waals surface area (Å²) in [5, 5.41) is 0.998. The van der Waals surface area contributed by atoms with Crippen LogP contribution in [-0.2, 0) is 5.88 Å². The quantitative estimate of drug-likeness (QED) is 0.681. The predicted octanol–water partition coefficient (Wildman–Crippen LogP) is 2.54. The molecule has 0 N–H and O–H groups in total. The van der Waals surface area contributed by atoms with Crippen LogP contribution in [0.4, 0.5) is 0 Å². The lowest BCUT2D eigenvalue weighted by atomic mass is 10.6. The summed E-state index contributed by atoms with van der Waals surface area (Å²) in [5.41, 5.74) is 0. The molecule has 0 saturated heterocycles. The van der Waals surface area contributed by atoms with Gasteiger partial charge in [0.25, 0.3) is 5.19 Å². The molecule has 2 nitrogen and oxygen atoms in total. The maximum Gasteiger partial charge on any atom is 0.274 e. The van der Waals surface area contributed by atoms with Gasteiger partial charge in [-0.2, -0.15) is 4.98 Å². The highest BCUT2D eigenvalue weighted by molar-refractivity contribution is 7.14. The van der Waals surface area contributed by atoms with Crippen molar-refractivity contribution in [1.29, 1.82) is 0 Å². The monoisotopic (exact) mass is 197 g/mol. The van der Waals surface area contributed by atoms with Crippen LogP contribution < -0.4 is 4.74 Å². The Balaban J connectivity index is 2.92. The largest absolute Gasteiger partial charge is 0.473 e. The van der Waals surface area contributed by atoms with Crippen molar-refractivity contribution in [2.75, 3.05) is 7.11 Å². The molecule has 0 aliphatic rings. The van der Waals surface area contributed by atoms with E-state index in [1.807, 2.05) is 0 Å². The number of hydrogen-bond acceptors (Lipinski definition) is 3. The molecule has 0 radical (unpaired) electrons. The molecule has 0 bridgehead atoms. The SMILES string of the molecule is COc1nc(Cl)c(CCl)s1. The molecular weight excluding hydrogens is 193 g/mol. The summed E-state index contributed by atoms with van der Waals surface area (Å²) in [6, 6.07) is 0. The Labute approximate surface area is 72.7 Å². The molecule has 0 unspecified atom stereocenters. The fourth-order valence-corrected chi connectivity index (χ4v) is 1.77. The minimum atomic E-state index is 0.389. The highest BCUT2D eigenvalue weighted by Crippen LogP contribution is 2.29. The Kier molecular flexibility index (Phi) is 2.77. The van der Waals surface area contributed by atoms with Gasteiger partial charge in [-0.3, -0.25) is 0 Å². The maximum atomic E-state index is 5.66. The molecule has 0 spiro atoms. The number of ether oxygens (including phenoxy) is 1. The van der Waals surface area contributed by atoms with Crippen molar-refractivity contribution in [3.8, 4) is 5.19 Å². The topological polar surface area (TPSA) is 22.1 Å². The summed E-state index contributed by atoms with van der Waals surface area (Å²) in [7, 11) is 1.55. The Hall–Kier alpha value is 0.01000. The molecule has 1 rings (SSSR count). The molecule has 0 aliphatic heterocycles. The van der Waals surface area contributed by atoms with Crippen molar-refractivity contribution in [2.24, 2.45) is 0 Å². The van der Waals surface area contributed by atoms with Crippen LogP contribution in [0.2, 0.25) is 5.15 Å². The highest BCUT2D eigenvalue weighted by Gasteiger charge is 2.06. The molecule has 1 aromatic rings. The van der Waals surface area contributed by atoms with Crippen LogP contribution >= 0.6 is 34.5 Å². The van der Waals surface area contributed by atoms with Gasteiger partial charge in [0.05, 0.1) is 17.9 Å². The summed E-state index contributed by atoms with van der Waals surface area (Å²) in [6.45, 7) is 0. The lowest BCUT2D eigenvalue weighted by Gasteiger charge is -1.85. The first-order chi connectivity index (χ1) is 4.77. The summed E-state index contributed by atoms with van der Waals surface area (Å²) in [5.74, 6) is 0.389. The third-order valence-corrected chi connectivity index (χ3v) is 2.79. The average Bonchev–Trinajstić information content (AvgIpc) is 2.30. The first-order valence-electron chi connectivity index (χ1n) is 2.53. The Morgan fingerprint density at radius 2 is 2.40 bits per heavy atom. The summed E-state index contributed by atoms with van der Waals surface area (Å²) in [6.07, 6.45) is 0. The summed E-state index contributed by atoms with van der Waals surface area (Å²) >= 11 is 12.6. The summed E-state index contributed by atoms with van der Waals surface area (Å²) in [4.78, 5) is 4.72. The number of thiazole rings is 1. The van der Waals surface area contributed by atoms with Gasteiger partial charge in [0.1, 0.15) is 5.15 Å². The van der Waals surface area contributed by atoms with Crippen molar-refractivity contribution in [2.45, 2.75) is 5.88 Å². The van der Waals surface area contributed by atoms with E-state index in [1.165, 1.54) is 11.3 Å². The first-order valence-corrected chi connectivity index (χ1v) is 4.26. The van der Waals surface area contributed by atoms with E-state index in [9.17, 15) is 0 Å². The standard InChI is InChI=1S/C5H5Cl2NOS/c1-9-5-8-4(7)3(2-6)10-5/h2H2,1H3. The molecule has 0 saturated carbocycles. The third-order valence-electron chi connectivity index (χ3n) is 0.926. The number of aromatic nitrogens is 1. The number of nitrogens with zero attached hydrogens (tertiary/aromatic N) is 1. The van der Waals surface area contributed by atoms with E-state index < -0.39 is 0 Å². The normalized spacial score (nSPS) is 9.90. The van der Waals surface area contributed by atoms with Crippen LogP contribution in [0.25, 0.3) is 0 Å². The molecule has 0 amide bonds. The molecule has 0 fully saturated rings. The van der Waals surface area contributed by atoms with Gasteiger partial charge in [0.2, 0.25) is 0 Å². The molecule has 1 heterocycles. The number of rotatable bonds is 2. The Morgan fingerprint density at radius 1 is 1.70 bits per heavy atom. The molecule has 0 atom stereocenters. The molecule has 10 heavy (non-hydrogen) atoms. The smallest absolute Gasteiger partial charge is 0.274 e. The van der Waals surface area contributed by atoms with E-state index in [4.69, 9.17) is 27.9 Å². The minimum absolute atomic E-state index is 0.389. The van der Waals surface area contributed by atoms with Crippen molar-refractivity contribution in [3.63, 3.8) is 0 Å². The number of methoxy groups -OCH3 is 1. The molecule has 0 aromatic carbocycles. The zero-order valence-electron chi connectivity index (χ0n) is 5.23. The van der Waals surface area contributed by atoms with Crippen molar-refractivity contribution in [3.05, 3.63) is 10.0 Å². The fourth-order valence-electron chi connectivity index (χ4n) is 0.483.